The van der Waals surface area contributed by atoms with E-state index in [0.29, 0.717) is 4.24 Å². The van der Waals surface area contributed by atoms with Crippen LogP contribution in [0.25, 0.3) is 0 Å². The molecule has 0 aromatic carbocycles. The number of thioether (sulfide) groups is 2. The number of rotatable bonds is 2. The molecule has 0 N–H and O–H groups in total. The lowest BCUT2D eigenvalue weighted by molar-refractivity contribution is 0.671. The van der Waals surface area contributed by atoms with Crippen LogP contribution in [0.1, 0.15) is 41.5 Å². The molecule has 0 fully saturated rings. The molecular weight excluding hydrogens is 229 g/mol. The van der Waals surface area contributed by atoms with E-state index in [-0.39, 0.29) is 9.49 Å². The van der Waals surface area contributed by atoms with Crippen molar-refractivity contribution in [3.63, 3.8) is 0 Å². The molecule has 0 aromatic heterocycles. The molecule has 0 saturated heterocycles. The normalized spacial score (nSPS) is 12.1. The van der Waals surface area contributed by atoms with Gasteiger partial charge in [0.15, 0.2) is 0 Å². The van der Waals surface area contributed by atoms with Crippen molar-refractivity contribution in [3.8, 4) is 6.07 Å². The molecule has 0 amide bonds. The van der Waals surface area contributed by atoms with E-state index in [1.807, 2.05) is 41.5 Å². The lowest BCUT2D eigenvalue weighted by Gasteiger charge is -2.24. The van der Waals surface area contributed by atoms with Gasteiger partial charge in [-0.15, -0.1) is 23.5 Å². The maximum atomic E-state index is 13.3. The highest BCUT2D eigenvalue weighted by atomic mass is 32.2. The Morgan fingerprint density at radius 1 is 1.00 bits per heavy atom. The first-order valence-corrected chi connectivity index (χ1v) is 6.36. The summed E-state index contributed by atoms with van der Waals surface area (Å²) in [7, 11) is 0. The Hall–Kier alpha value is -0.140. The highest BCUT2D eigenvalue weighted by Crippen LogP contribution is 2.45. The van der Waals surface area contributed by atoms with Crippen LogP contribution in [0.3, 0.4) is 0 Å². The Morgan fingerprint density at radius 2 is 1.33 bits per heavy atom. The van der Waals surface area contributed by atoms with Gasteiger partial charge in [-0.2, -0.15) is 9.65 Å². The SMILES string of the molecule is CC(C)(C)SC(SC(C)(C)C)=C(F)C#N. The smallest absolute Gasteiger partial charge is 0.193 e. The molecule has 0 aromatic rings. The fourth-order valence-electron chi connectivity index (χ4n) is 0.712. The lowest BCUT2D eigenvalue weighted by atomic mass is 10.3. The van der Waals surface area contributed by atoms with Crippen LogP contribution in [0.2, 0.25) is 0 Å². The number of hydrogen-bond acceptors (Lipinski definition) is 3. The predicted octanol–water partition coefficient (Wildman–Crippen LogP) is 4.71. The molecule has 0 aliphatic rings. The number of allylic oxidation sites excluding steroid dienone is 1. The van der Waals surface area contributed by atoms with Gasteiger partial charge < -0.3 is 0 Å². The Labute approximate surface area is 101 Å². The fourth-order valence-corrected chi connectivity index (χ4v) is 3.76. The largest absolute Gasteiger partial charge is 0.219 e. The first-order valence-electron chi connectivity index (χ1n) is 4.73. The maximum absolute atomic E-state index is 13.3. The van der Waals surface area contributed by atoms with E-state index in [2.05, 4.69) is 0 Å². The second-order valence-corrected chi connectivity index (χ2v) is 9.07. The molecular formula is C11H18FNS2. The van der Waals surface area contributed by atoms with Gasteiger partial charge in [-0.05, 0) is 0 Å². The van der Waals surface area contributed by atoms with Crippen LogP contribution in [-0.2, 0) is 0 Å². The molecule has 0 heterocycles. The quantitative estimate of drug-likeness (QED) is 0.660. The van der Waals surface area contributed by atoms with Crippen LogP contribution in [0.4, 0.5) is 4.39 Å². The van der Waals surface area contributed by atoms with Crippen molar-refractivity contribution in [1.82, 2.24) is 0 Å². The minimum atomic E-state index is -0.671. The highest BCUT2D eigenvalue weighted by molar-refractivity contribution is 8.23. The summed E-state index contributed by atoms with van der Waals surface area (Å²) in [6.07, 6.45) is 0. The molecule has 0 aliphatic carbocycles. The summed E-state index contributed by atoms with van der Waals surface area (Å²) < 4.78 is 13.7. The molecule has 86 valence electrons. The Balaban J connectivity index is 4.88. The first kappa shape index (κ1) is 14.9. The van der Waals surface area contributed by atoms with Gasteiger partial charge in [0.05, 0.1) is 4.24 Å². The third-order valence-corrected chi connectivity index (χ3v) is 3.53. The number of nitrogens with zero attached hydrogens (tertiary/aromatic N) is 1. The molecule has 0 radical (unpaired) electrons. The van der Waals surface area contributed by atoms with E-state index in [1.165, 1.54) is 23.5 Å². The van der Waals surface area contributed by atoms with E-state index in [0.717, 1.165) is 0 Å². The number of nitriles is 1. The molecule has 0 saturated carbocycles. The number of halogens is 1. The van der Waals surface area contributed by atoms with Crippen LogP contribution in [0.15, 0.2) is 10.1 Å². The molecule has 0 aliphatic heterocycles. The van der Waals surface area contributed by atoms with Crippen LogP contribution in [0.5, 0.6) is 0 Å². The summed E-state index contributed by atoms with van der Waals surface area (Å²) in [6.45, 7) is 12.0. The van der Waals surface area contributed by atoms with Crippen molar-refractivity contribution in [1.29, 1.82) is 5.26 Å². The van der Waals surface area contributed by atoms with Crippen molar-refractivity contribution in [2.24, 2.45) is 0 Å². The predicted molar refractivity (Wildman–Crippen MR) is 68.4 cm³/mol. The van der Waals surface area contributed by atoms with Crippen molar-refractivity contribution in [2.45, 2.75) is 51.0 Å². The topological polar surface area (TPSA) is 23.8 Å². The second kappa shape index (κ2) is 5.27. The zero-order chi connectivity index (χ0) is 12.3. The summed E-state index contributed by atoms with van der Waals surface area (Å²) in [6, 6.07) is 1.58. The minimum Gasteiger partial charge on any atom is -0.193 e. The average Bonchev–Trinajstić information content (AvgIpc) is 1.96. The van der Waals surface area contributed by atoms with Crippen molar-refractivity contribution in [3.05, 3.63) is 10.1 Å². The molecule has 4 heteroatoms. The number of hydrogen-bond donors (Lipinski definition) is 0. The van der Waals surface area contributed by atoms with Gasteiger partial charge in [0, 0.05) is 9.49 Å². The van der Waals surface area contributed by atoms with Gasteiger partial charge in [-0.1, -0.05) is 41.5 Å². The van der Waals surface area contributed by atoms with Gasteiger partial charge in [-0.25, -0.2) is 0 Å². The van der Waals surface area contributed by atoms with E-state index in [4.69, 9.17) is 5.26 Å². The van der Waals surface area contributed by atoms with Gasteiger partial charge in [0.1, 0.15) is 6.07 Å². The Kier molecular flexibility index (Phi) is 5.22. The monoisotopic (exact) mass is 247 g/mol. The van der Waals surface area contributed by atoms with Crippen LogP contribution in [0, 0.1) is 11.3 Å². The maximum Gasteiger partial charge on any atom is 0.219 e. The molecule has 0 unspecified atom stereocenters. The Bertz CT molecular complexity index is 271. The van der Waals surface area contributed by atoms with Crippen LogP contribution < -0.4 is 0 Å². The summed E-state index contributed by atoms with van der Waals surface area (Å²) in [5.74, 6) is -0.671. The highest BCUT2D eigenvalue weighted by Gasteiger charge is 2.23. The van der Waals surface area contributed by atoms with E-state index in [9.17, 15) is 4.39 Å². The van der Waals surface area contributed by atoms with Crippen LogP contribution in [-0.4, -0.2) is 9.49 Å². The van der Waals surface area contributed by atoms with E-state index in [1.54, 1.807) is 6.07 Å². The Morgan fingerprint density at radius 3 is 1.53 bits per heavy atom. The van der Waals surface area contributed by atoms with Gasteiger partial charge in [0.25, 0.3) is 0 Å². The molecule has 0 rings (SSSR count). The van der Waals surface area contributed by atoms with Crippen molar-refractivity contribution >= 4 is 23.5 Å². The third-order valence-electron chi connectivity index (χ3n) is 1.08. The summed E-state index contributed by atoms with van der Waals surface area (Å²) in [5.41, 5.74) is 0. The van der Waals surface area contributed by atoms with E-state index < -0.39 is 5.83 Å². The molecule has 1 nitrogen and oxygen atoms in total. The molecule has 0 bridgehead atoms. The average molecular weight is 247 g/mol. The molecule has 15 heavy (non-hydrogen) atoms. The summed E-state index contributed by atoms with van der Waals surface area (Å²) in [5, 5.41) is 8.59. The standard InChI is InChI=1S/C11H18FNS2/c1-10(2,3)14-9(8(12)7-13)15-11(4,5)6/h1-6H3. The van der Waals surface area contributed by atoms with Gasteiger partial charge >= 0.3 is 0 Å². The third kappa shape index (κ3) is 7.75. The second-order valence-electron chi connectivity index (χ2n) is 5.14. The minimum absolute atomic E-state index is 0.0816. The van der Waals surface area contributed by atoms with E-state index >= 15 is 0 Å². The van der Waals surface area contributed by atoms with Crippen LogP contribution >= 0.6 is 23.5 Å². The fraction of sp³-hybridized carbons (Fsp3) is 0.727. The van der Waals surface area contributed by atoms with Crippen molar-refractivity contribution in [2.75, 3.05) is 0 Å². The van der Waals surface area contributed by atoms with Gasteiger partial charge in [-0.3, -0.25) is 0 Å². The first-order chi connectivity index (χ1) is 6.55. The zero-order valence-corrected chi connectivity index (χ0v) is 11.8. The summed E-state index contributed by atoms with van der Waals surface area (Å²) in [4.78, 5) is 0. The molecule has 0 atom stereocenters. The molecule has 0 spiro atoms. The lowest BCUT2D eigenvalue weighted by Crippen LogP contribution is -2.11. The van der Waals surface area contributed by atoms with Gasteiger partial charge in [0.2, 0.25) is 5.83 Å². The van der Waals surface area contributed by atoms with Crippen molar-refractivity contribution < 1.29 is 4.39 Å². The zero-order valence-electron chi connectivity index (χ0n) is 10.1. The summed E-state index contributed by atoms with van der Waals surface area (Å²) >= 11 is 2.81.